The van der Waals surface area contributed by atoms with E-state index in [0.717, 1.165) is 35.3 Å². The molecule has 29 heavy (non-hydrogen) atoms. The summed E-state index contributed by atoms with van der Waals surface area (Å²) in [6, 6.07) is 16.7. The number of aromatic nitrogens is 2. The van der Waals surface area contributed by atoms with Crippen LogP contribution >= 0.6 is 0 Å². The third-order valence-electron chi connectivity index (χ3n) is 5.10. The minimum absolute atomic E-state index is 0.125. The smallest absolute Gasteiger partial charge is 0.227 e. The van der Waals surface area contributed by atoms with Crippen LogP contribution in [0.25, 0.3) is 11.3 Å². The summed E-state index contributed by atoms with van der Waals surface area (Å²) in [5.74, 6) is -1.02. The summed E-state index contributed by atoms with van der Waals surface area (Å²) in [4.78, 5) is 14.5. The molecular weight excluding hydrogens is 374 g/mol. The summed E-state index contributed by atoms with van der Waals surface area (Å²) in [6.45, 7) is 1.28. The van der Waals surface area contributed by atoms with Crippen LogP contribution in [0.15, 0.2) is 60.7 Å². The van der Waals surface area contributed by atoms with Crippen molar-refractivity contribution in [1.82, 2.24) is 10.2 Å². The summed E-state index contributed by atoms with van der Waals surface area (Å²) < 4.78 is 27.0. The Hall–Kier alpha value is -3.35. The number of piperidine rings is 1. The maximum atomic E-state index is 13.7. The van der Waals surface area contributed by atoms with Crippen molar-refractivity contribution >= 4 is 17.4 Å². The fourth-order valence-electron chi connectivity index (χ4n) is 3.46. The van der Waals surface area contributed by atoms with Gasteiger partial charge in [0.05, 0.1) is 11.4 Å². The molecule has 3 aromatic rings. The van der Waals surface area contributed by atoms with Crippen LogP contribution in [0.5, 0.6) is 0 Å². The lowest BCUT2D eigenvalue weighted by molar-refractivity contribution is -0.120. The molecule has 2 aromatic carbocycles. The minimum atomic E-state index is -0.647. The lowest BCUT2D eigenvalue weighted by atomic mass is 9.95. The highest BCUT2D eigenvalue weighted by Crippen LogP contribution is 2.25. The van der Waals surface area contributed by atoms with Crippen LogP contribution in [0.3, 0.4) is 0 Å². The normalized spacial score (nSPS) is 14.6. The molecule has 1 saturated heterocycles. The topological polar surface area (TPSA) is 58.1 Å². The van der Waals surface area contributed by atoms with E-state index in [1.807, 2.05) is 42.5 Å². The van der Waals surface area contributed by atoms with Gasteiger partial charge in [-0.2, -0.15) is 0 Å². The van der Waals surface area contributed by atoms with Gasteiger partial charge >= 0.3 is 0 Å². The van der Waals surface area contributed by atoms with Crippen LogP contribution in [0, 0.1) is 17.6 Å². The van der Waals surface area contributed by atoms with Gasteiger partial charge in [-0.3, -0.25) is 4.79 Å². The summed E-state index contributed by atoms with van der Waals surface area (Å²) in [6.07, 6.45) is 1.20. The zero-order valence-electron chi connectivity index (χ0n) is 15.7. The van der Waals surface area contributed by atoms with E-state index in [4.69, 9.17) is 0 Å². The first-order valence-corrected chi connectivity index (χ1v) is 9.50. The van der Waals surface area contributed by atoms with Gasteiger partial charge in [-0.25, -0.2) is 8.78 Å². The molecule has 0 unspecified atom stereocenters. The average Bonchev–Trinajstić information content (AvgIpc) is 2.77. The third kappa shape index (κ3) is 4.39. The van der Waals surface area contributed by atoms with Crippen LogP contribution in [-0.2, 0) is 4.79 Å². The Bertz CT molecular complexity index is 987. The molecule has 0 spiro atoms. The molecule has 1 aliphatic heterocycles. The van der Waals surface area contributed by atoms with E-state index in [0.29, 0.717) is 25.9 Å². The van der Waals surface area contributed by atoms with E-state index < -0.39 is 11.6 Å². The van der Waals surface area contributed by atoms with Gasteiger partial charge in [0.15, 0.2) is 5.82 Å². The zero-order valence-corrected chi connectivity index (χ0v) is 15.7. The van der Waals surface area contributed by atoms with Gasteiger partial charge in [0.25, 0.3) is 0 Å². The molecule has 7 heteroatoms. The van der Waals surface area contributed by atoms with Crippen molar-refractivity contribution in [3.8, 4) is 11.3 Å². The van der Waals surface area contributed by atoms with Gasteiger partial charge < -0.3 is 10.2 Å². The number of rotatable bonds is 4. The van der Waals surface area contributed by atoms with Crippen LogP contribution in [0.4, 0.5) is 20.3 Å². The Morgan fingerprint density at radius 2 is 1.72 bits per heavy atom. The lowest BCUT2D eigenvalue weighted by Crippen LogP contribution is -2.38. The van der Waals surface area contributed by atoms with Crippen molar-refractivity contribution in [2.45, 2.75) is 12.8 Å². The van der Waals surface area contributed by atoms with Crippen molar-refractivity contribution in [3.05, 3.63) is 72.3 Å². The van der Waals surface area contributed by atoms with Gasteiger partial charge in [0, 0.05) is 30.6 Å². The molecule has 1 aromatic heterocycles. The van der Waals surface area contributed by atoms with E-state index in [9.17, 15) is 13.6 Å². The summed E-state index contributed by atoms with van der Waals surface area (Å²) in [7, 11) is 0. The Balaban J connectivity index is 1.35. The van der Waals surface area contributed by atoms with E-state index in [2.05, 4.69) is 20.4 Å². The second-order valence-electron chi connectivity index (χ2n) is 7.02. The van der Waals surface area contributed by atoms with Crippen LogP contribution in [0.2, 0.25) is 0 Å². The van der Waals surface area contributed by atoms with E-state index in [1.165, 1.54) is 0 Å². The first kappa shape index (κ1) is 19.0. The first-order chi connectivity index (χ1) is 14.1. The maximum Gasteiger partial charge on any atom is 0.227 e. The first-order valence-electron chi connectivity index (χ1n) is 9.50. The maximum absolute atomic E-state index is 13.7. The van der Waals surface area contributed by atoms with Crippen LogP contribution < -0.4 is 10.2 Å². The van der Waals surface area contributed by atoms with E-state index in [-0.39, 0.29) is 17.5 Å². The summed E-state index contributed by atoms with van der Waals surface area (Å²) in [5, 5.41) is 11.1. The molecule has 0 bridgehead atoms. The molecule has 1 amide bonds. The molecule has 0 radical (unpaired) electrons. The quantitative estimate of drug-likeness (QED) is 0.718. The number of benzene rings is 2. The van der Waals surface area contributed by atoms with Crippen molar-refractivity contribution in [3.63, 3.8) is 0 Å². The average molecular weight is 394 g/mol. The minimum Gasteiger partial charge on any atom is -0.355 e. The standard InChI is InChI=1S/C22H20F2N4O/c23-17-6-7-18(24)20(14-17)25-22(29)16-10-12-28(13-11-16)21-9-8-19(26-27-21)15-4-2-1-3-5-15/h1-9,14,16H,10-13H2,(H,25,29). The predicted molar refractivity (Wildman–Crippen MR) is 107 cm³/mol. The molecule has 0 atom stereocenters. The highest BCUT2D eigenvalue weighted by Gasteiger charge is 2.26. The zero-order chi connectivity index (χ0) is 20.2. The summed E-state index contributed by atoms with van der Waals surface area (Å²) in [5.41, 5.74) is 1.69. The van der Waals surface area contributed by atoms with Gasteiger partial charge in [-0.15, -0.1) is 10.2 Å². The number of carbonyl (C=O) groups is 1. The van der Waals surface area contributed by atoms with E-state index >= 15 is 0 Å². The molecule has 4 rings (SSSR count). The lowest BCUT2D eigenvalue weighted by Gasteiger charge is -2.31. The molecule has 0 saturated carbocycles. The van der Waals surface area contributed by atoms with Gasteiger partial charge in [0.2, 0.25) is 5.91 Å². The number of amides is 1. The second-order valence-corrected chi connectivity index (χ2v) is 7.02. The van der Waals surface area contributed by atoms with Crippen molar-refractivity contribution < 1.29 is 13.6 Å². The van der Waals surface area contributed by atoms with Crippen molar-refractivity contribution in [1.29, 1.82) is 0 Å². The highest BCUT2D eigenvalue weighted by molar-refractivity contribution is 5.92. The number of hydrogen-bond acceptors (Lipinski definition) is 4. The summed E-state index contributed by atoms with van der Waals surface area (Å²) >= 11 is 0. The number of carbonyl (C=O) groups excluding carboxylic acids is 1. The van der Waals surface area contributed by atoms with Crippen LogP contribution in [0.1, 0.15) is 12.8 Å². The number of nitrogens with zero attached hydrogens (tertiary/aromatic N) is 3. The number of anilines is 2. The van der Waals surface area contributed by atoms with Gasteiger partial charge in [-0.05, 0) is 37.1 Å². The molecular formula is C22H20F2N4O. The second kappa shape index (κ2) is 8.34. The molecule has 2 heterocycles. The number of hydrogen-bond donors (Lipinski definition) is 1. The Kier molecular flexibility index (Phi) is 5.46. The van der Waals surface area contributed by atoms with Crippen molar-refractivity contribution in [2.75, 3.05) is 23.3 Å². The third-order valence-corrected chi connectivity index (χ3v) is 5.10. The molecule has 5 nitrogen and oxygen atoms in total. The Morgan fingerprint density at radius 3 is 2.41 bits per heavy atom. The van der Waals surface area contributed by atoms with Crippen LogP contribution in [-0.4, -0.2) is 29.2 Å². The Morgan fingerprint density at radius 1 is 0.966 bits per heavy atom. The van der Waals surface area contributed by atoms with Gasteiger partial charge in [0.1, 0.15) is 11.6 Å². The predicted octanol–water partition coefficient (Wildman–Crippen LogP) is 4.28. The Labute approximate surface area is 167 Å². The van der Waals surface area contributed by atoms with Gasteiger partial charge in [-0.1, -0.05) is 30.3 Å². The highest BCUT2D eigenvalue weighted by atomic mass is 19.1. The number of nitrogens with one attached hydrogen (secondary N) is 1. The fourth-order valence-corrected chi connectivity index (χ4v) is 3.46. The van der Waals surface area contributed by atoms with E-state index in [1.54, 1.807) is 0 Å². The monoisotopic (exact) mass is 394 g/mol. The molecule has 0 aliphatic carbocycles. The SMILES string of the molecule is O=C(Nc1cc(F)ccc1F)C1CCN(c2ccc(-c3ccccc3)nn2)CC1. The fraction of sp³-hybridized carbons (Fsp3) is 0.227. The number of halogens is 2. The molecule has 1 aliphatic rings. The largest absolute Gasteiger partial charge is 0.355 e. The van der Waals surface area contributed by atoms with Crippen molar-refractivity contribution in [2.24, 2.45) is 5.92 Å². The molecule has 1 N–H and O–H groups in total. The molecule has 148 valence electrons. The molecule has 1 fully saturated rings.